The van der Waals surface area contributed by atoms with Gasteiger partial charge in [0.1, 0.15) is 0 Å². The lowest BCUT2D eigenvalue weighted by atomic mass is 10.1. The summed E-state index contributed by atoms with van der Waals surface area (Å²) in [5.74, 6) is -16.2. The van der Waals surface area contributed by atoms with Crippen molar-refractivity contribution in [2.24, 2.45) is 0 Å². The molecule has 4 aromatic rings. The summed E-state index contributed by atoms with van der Waals surface area (Å²) in [6.07, 6.45) is 0. The number of aromatic nitrogens is 2. The van der Waals surface area contributed by atoms with Crippen molar-refractivity contribution in [3.8, 4) is 0 Å². The van der Waals surface area contributed by atoms with Crippen LogP contribution in [-0.4, -0.2) is 43.5 Å². The van der Waals surface area contributed by atoms with Crippen molar-refractivity contribution < 1.29 is 37.0 Å². The van der Waals surface area contributed by atoms with Crippen LogP contribution in [0.2, 0.25) is 0 Å². The monoisotopic (exact) mass is 544 g/mol. The topological polar surface area (TPSA) is 170 Å². The van der Waals surface area contributed by atoms with Gasteiger partial charge in [-0.3, -0.25) is 40.5 Å². The summed E-state index contributed by atoms with van der Waals surface area (Å²) in [7, 11) is 0. The van der Waals surface area contributed by atoms with Crippen molar-refractivity contribution >= 4 is 76.6 Å². The summed E-state index contributed by atoms with van der Waals surface area (Å²) in [5.41, 5.74) is -0.543. The van der Waals surface area contributed by atoms with E-state index in [4.69, 9.17) is 0 Å². The van der Waals surface area contributed by atoms with E-state index >= 15 is 0 Å². The van der Waals surface area contributed by atoms with Gasteiger partial charge in [0.2, 0.25) is 0 Å². The number of alkyl halides is 4. The number of rotatable bonds is 7. The highest BCUT2D eigenvalue weighted by Crippen LogP contribution is 2.38. The molecule has 0 aliphatic heterocycles. The average molecular weight is 544 g/mol. The summed E-state index contributed by atoms with van der Waals surface area (Å²) in [6.45, 7) is 0. The molecule has 0 aliphatic rings. The van der Waals surface area contributed by atoms with E-state index in [1.165, 1.54) is 22.8 Å². The largest absolute Gasteiger partial charge is 0.396 e. The van der Waals surface area contributed by atoms with Crippen LogP contribution in [0.5, 0.6) is 0 Å². The van der Waals surface area contributed by atoms with Crippen LogP contribution in [0.3, 0.4) is 0 Å². The number of halogens is 4. The lowest BCUT2D eigenvalue weighted by molar-refractivity contribution is -0.384. The lowest BCUT2D eigenvalue weighted by Crippen LogP contribution is -2.56. The number of carbonyl (C=O) groups excluding carboxylic acids is 2. The zero-order valence-electron chi connectivity index (χ0n) is 17.0. The van der Waals surface area contributed by atoms with Gasteiger partial charge in [0, 0.05) is 24.3 Å². The summed E-state index contributed by atoms with van der Waals surface area (Å²) >= 11 is 1.04. The highest BCUT2D eigenvalue weighted by Gasteiger charge is 2.67. The van der Waals surface area contributed by atoms with Crippen LogP contribution < -0.4 is 10.6 Å². The molecule has 0 saturated heterocycles. The predicted octanol–water partition coefficient (Wildman–Crippen LogP) is 4.57. The minimum Gasteiger partial charge on any atom is -0.296 e. The molecule has 0 unspecified atom stereocenters. The van der Waals surface area contributed by atoms with Gasteiger partial charge in [-0.15, -0.1) is 0 Å². The fraction of sp³-hybridized carbons (Fsp3) is 0.111. The van der Waals surface area contributed by atoms with E-state index in [-0.39, 0.29) is 31.8 Å². The molecule has 2 N–H and O–H groups in total. The maximum Gasteiger partial charge on any atom is 0.396 e. The molecule has 2 amide bonds. The number of anilines is 2. The fourth-order valence-corrected chi connectivity index (χ4v) is 4.58. The number of fused-ring (bicyclic) bond motifs is 2. The Kier molecular flexibility index (Phi) is 6.00. The fourth-order valence-electron chi connectivity index (χ4n) is 2.80. The number of non-ortho nitro benzene ring substituents is 2. The first-order valence-electron chi connectivity index (χ1n) is 9.28. The van der Waals surface area contributed by atoms with Crippen LogP contribution in [0.1, 0.15) is 0 Å². The Hall–Kier alpha value is -4.32. The summed E-state index contributed by atoms with van der Waals surface area (Å²) in [5, 5.41) is 23.5. The maximum atomic E-state index is 14.4. The Morgan fingerprint density at radius 1 is 0.750 bits per heavy atom. The van der Waals surface area contributed by atoms with Crippen molar-refractivity contribution in [2.45, 2.75) is 11.8 Å². The van der Waals surface area contributed by atoms with Gasteiger partial charge < -0.3 is 0 Å². The van der Waals surface area contributed by atoms with Gasteiger partial charge in [-0.25, -0.2) is 9.97 Å². The number of nitro groups is 2. The van der Waals surface area contributed by atoms with Crippen LogP contribution in [0, 0.1) is 20.2 Å². The van der Waals surface area contributed by atoms with Gasteiger partial charge in [0.25, 0.3) is 11.4 Å². The smallest absolute Gasteiger partial charge is 0.296 e. The van der Waals surface area contributed by atoms with Crippen molar-refractivity contribution in [2.75, 3.05) is 10.6 Å². The molecular weight excluding hydrogens is 536 g/mol. The summed E-state index contributed by atoms with van der Waals surface area (Å²) in [6, 6.07) is 6.59. The highest BCUT2D eigenvalue weighted by atomic mass is 32.1. The minimum atomic E-state index is -5.55. The molecule has 0 fully saturated rings. The van der Waals surface area contributed by atoms with Crippen molar-refractivity contribution in [1.29, 1.82) is 0 Å². The predicted molar refractivity (Wildman–Crippen MR) is 120 cm³/mol. The molecule has 0 atom stereocenters. The first-order chi connectivity index (χ1) is 16.8. The van der Waals surface area contributed by atoms with E-state index in [0.717, 1.165) is 24.3 Å². The van der Waals surface area contributed by atoms with Crippen LogP contribution in [0.15, 0.2) is 36.4 Å². The van der Waals surface area contributed by atoms with Gasteiger partial charge >= 0.3 is 23.7 Å². The Labute approximate surface area is 202 Å². The molecular formula is C18H8F4N6O6S2. The van der Waals surface area contributed by atoms with E-state index in [1.807, 2.05) is 0 Å². The number of nitrogens with zero attached hydrogens (tertiary/aromatic N) is 4. The zero-order valence-corrected chi connectivity index (χ0v) is 18.7. The molecule has 0 aliphatic carbocycles. The van der Waals surface area contributed by atoms with E-state index in [0.29, 0.717) is 22.7 Å². The van der Waals surface area contributed by atoms with Crippen molar-refractivity contribution in [3.05, 3.63) is 56.6 Å². The molecule has 18 heteroatoms. The van der Waals surface area contributed by atoms with Gasteiger partial charge in [-0.1, -0.05) is 22.7 Å². The van der Waals surface area contributed by atoms with Crippen LogP contribution in [0.25, 0.3) is 20.4 Å². The normalized spacial score (nSPS) is 12.0. The summed E-state index contributed by atoms with van der Waals surface area (Å²) in [4.78, 5) is 51.7. The Morgan fingerprint density at radius 3 is 1.44 bits per heavy atom. The molecule has 36 heavy (non-hydrogen) atoms. The first-order valence-corrected chi connectivity index (χ1v) is 10.9. The van der Waals surface area contributed by atoms with Gasteiger partial charge in [-0.2, -0.15) is 17.6 Å². The number of amides is 2. The molecule has 0 saturated carbocycles. The summed E-state index contributed by atoms with van der Waals surface area (Å²) < 4.78 is 57.7. The number of thiazole rings is 2. The van der Waals surface area contributed by atoms with Crippen LogP contribution in [-0.2, 0) is 9.59 Å². The van der Waals surface area contributed by atoms with Gasteiger partial charge in [0.15, 0.2) is 10.3 Å². The third-order valence-corrected chi connectivity index (χ3v) is 6.44. The number of nitro benzene ring substituents is 2. The van der Waals surface area contributed by atoms with E-state index < -0.39 is 43.8 Å². The number of carbonyl (C=O) groups is 2. The Balaban J connectivity index is 1.52. The van der Waals surface area contributed by atoms with Crippen LogP contribution >= 0.6 is 22.7 Å². The second-order valence-electron chi connectivity index (χ2n) is 6.91. The molecule has 4 rings (SSSR count). The molecule has 12 nitrogen and oxygen atoms in total. The molecule has 0 spiro atoms. The average Bonchev–Trinajstić information content (AvgIpc) is 3.39. The SMILES string of the molecule is O=C(Nc1nc2ccc([N+](=O)[O-])cc2s1)C(F)(F)C(F)(F)C(=O)Nc1nc2ccc([N+](=O)[O-])cc2s1. The maximum absolute atomic E-state index is 14.4. The Morgan fingerprint density at radius 2 is 1.11 bits per heavy atom. The molecule has 2 heterocycles. The molecule has 186 valence electrons. The first kappa shape index (κ1) is 24.8. The second-order valence-corrected chi connectivity index (χ2v) is 8.97. The molecule has 0 bridgehead atoms. The van der Waals surface area contributed by atoms with Gasteiger partial charge in [0.05, 0.1) is 30.3 Å². The number of hydrogen-bond acceptors (Lipinski definition) is 10. The molecule has 2 aromatic carbocycles. The minimum absolute atomic E-state index is 0.0739. The molecule has 0 radical (unpaired) electrons. The van der Waals surface area contributed by atoms with E-state index in [1.54, 1.807) is 0 Å². The second kappa shape index (κ2) is 8.72. The lowest BCUT2D eigenvalue weighted by Gasteiger charge is -2.23. The van der Waals surface area contributed by atoms with Crippen molar-refractivity contribution in [3.63, 3.8) is 0 Å². The third kappa shape index (κ3) is 4.38. The highest BCUT2D eigenvalue weighted by molar-refractivity contribution is 7.22. The quantitative estimate of drug-likeness (QED) is 0.194. The molecule has 2 aromatic heterocycles. The number of nitrogens with one attached hydrogen (secondary N) is 2. The third-order valence-electron chi connectivity index (χ3n) is 4.57. The van der Waals surface area contributed by atoms with Gasteiger partial charge in [-0.05, 0) is 12.1 Å². The zero-order chi connectivity index (χ0) is 26.4. The number of benzene rings is 2. The van der Waals surface area contributed by atoms with Crippen LogP contribution in [0.4, 0.5) is 39.2 Å². The van der Waals surface area contributed by atoms with E-state index in [9.17, 15) is 47.4 Å². The Bertz CT molecular complexity index is 1460. The van der Waals surface area contributed by atoms with Crippen molar-refractivity contribution in [1.82, 2.24) is 9.97 Å². The van der Waals surface area contributed by atoms with E-state index in [2.05, 4.69) is 9.97 Å². The standard InChI is InChI=1S/C18H8F4N6O6S2/c19-17(20,13(29)25-15-23-9-3-1-7(27(31)32)5-11(9)35-15)18(21,22)14(30)26-16-24-10-4-2-8(28(33)34)6-12(10)36-16/h1-6H,(H,23,25,29)(H,24,26,30). The number of hydrogen-bond donors (Lipinski definition) is 2.